The molecule has 4 rings (SSSR count). The first-order valence-electron chi connectivity index (χ1n) is 8.45. The standard InChI is InChI=1S/C19H15ClN4O2S2/c1-11(25)15-8-22-19(28-15)26-13-4-2-12(3-5-13)6-7-21-17-16-14(20)9-27-18(16)24-10-23-17/h2-5,8-10H,6-7H2,1H3,(H,21,23,24). The van der Waals surface area contributed by atoms with Crippen LogP contribution >= 0.6 is 34.3 Å². The Bertz CT molecular complexity index is 1120. The van der Waals surface area contributed by atoms with E-state index in [-0.39, 0.29) is 5.78 Å². The van der Waals surface area contributed by atoms with E-state index >= 15 is 0 Å². The summed E-state index contributed by atoms with van der Waals surface area (Å²) in [5.74, 6) is 1.42. The Morgan fingerprint density at radius 1 is 1.21 bits per heavy atom. The smallest absolute Gasteiger partial charge is 0.279 e. The summed E-state index contributed by atoms with van der Waals surface area (Å²) in [7, 11) is 0. The third-order valence-corrected chi connectivity index (χ3v) is 6.28. The highest BCUT2D eigenvalue weighted by Crippen LogP contribution is 2.32. The van der Waals surface area contributed by atoms with E-state index < -0.39 is 0 Å². The fourth-order valence-corrected chi connectivity index (χ4v) is 4.41. The lowest BCUT2D eigenvalue weighted by molar-refractivity contribution is 0.102. The van der Waals surface area contributed by atoms with Gasteiger partial charge in [0.2, 0.25) is 0 Å². The van der Waals surface area contributed by atoms with Crippen molar-refractivity contribution in [1.29, 1.82) is 0 Å². The number of thiophene rings is 1. The number of carbonyl (C=O) groups is 1. The lowest BCUT2D eigenvalue weighted by Crippen LogP contribution is -2.06. The average molecular weight is 431 g/mol. The number of thiazole rings is 1. The molecule has 142 valence electrons. The number of hydrogen-bond donors (Lipinski definition) is 1. The first-order chi connectivity index (χ1) is 13.6. The minimum absolute atomic E-state index is 0.0140. The summed E-state index contributed by atoms with van der Waals surface area (Å²) < 4.78 is 5.70. The molecule has 0 saturated carbocycles. The van der Waals surface area contributed by atoms with Crippen LogP contribution in [0.1, 0.15) is 22.2 Å². The molecule has 0 spiro atoms. The molecule has 9 heteroatoms. The molecule has 0 aliphatic carbocycles. The van der Waals surface area contributed by atoms with Gasteiger partial charge in [-0.15, -0.1) is 11.3 Å². The van der Waals surface area contributed by atoms with Crippen molar-refractivity contribution in [2.24, 2.45) is 0 Å². The van der Waals surface area contributed by atoms with Crippen LogP contribution in [0.25, 0.3) is 10.2 Å². The second-order valence-electron chi connectivity index (χ2n) is 5.96. The Morgan fingerprint density at radius 3 is 2.79 bits per heavy atom. The quantitative estimate of drug-likeness (QED) is 0.393. The average Bonchev–Trinajstić information content (AvgIpc) is 3.31. The normalized spacial score (nSPS) is 10.9. The Hall–Kier alpha value is -2.55. The number of hydrogen-bond acceptors (Lipinski definition) is 8. The lowest BCUT2D eigenvalue weighted by Gasteiger charge is -2.08. The number of carbonyl (C=O) groups excluding carboxylic acids is 1. The number of nitrogens with zero attached hydrogens (tertiary/aromatic N) is 3. The van der Waals surface area contributed by atoms with Crippen molar-refractivity contribution >= 4 is 56.1 Å². The van der Waals surface area contributed by atoms with Gasteiger partial charge in [-0.3, -0.25) is 4.79 Å². The third-order valence-electron chi connectivity index (χ3n) is 3.99. The van der Waals surface area contributed by atoms with Gasteiger partial charge in [0.05, 0.1) is 21.5 Å². The van der Waals surface area contributed by atoms with E-state index in [4.69, 9.17) is 16.3 Å². The topological polar surface area (TPSA) is 77.0 Å². The maximum absolute atomic E-state index is 11.3. The fourth-order valence-electron chi connectivity index (χ4n) is 2.59. The van der Waals surface area contributed by atoms with E-state index in [1.165, 1.54) is 35.8 Å². The van der Waals surface area contributed by atoms with Crippen LogP contribution in [0.4, 0.5) is 5.82 Å². The number of rotatable bonds is 7. The SMILES string of the molecule is CC(=O)c1cnc(Oc2ccc(CCNc3ncnc4scc(Cl)c34)cc2)s1. The summed E-state index contributed by atoms with van der Waals surface area (Å²) in [6.07, 6.45) is 3.89. The molecule has 0 amide bonds. The molecular weight excluding hydrogens is 416 g/mol. The van der Waals surface area contributed by atoms with Crippen molar-refractivity contribution in [3.8, 4) is 10.9 Å². The number of ether oxygens (including phenoxy) is 1. The lowest BCUT2D eigenvalue weighted by atomic mass is 10.1. The van der Waals surface area contributed by atoms with Gasteiger partial charge in [-0.05, 0) is 24.1 Å². The van der Waals surface area contributed by atoms with E-state index in [1.807, 2.05) is 29.6 Å². The monoisotopic (exact) mass is 430 g/mol. The number of anilines is 1. The molecule has 0 atom stereocenters. The summed E-state index contributed by atoms with van der Waals surface area (Å²) in [5, 5.41) is 7.19. The first-order valence-corrected chi connectivity index (χ1v) is 10.5. The van der Waals surface area contributed by atoms with Crippen LogP contribution in [0.2, 0.25) is 5.02 Å². The highest BCUT2D eigenvalue weighted by Gasteiger charge is 2.10. The third kappa shape index (κ3) is 4.14. The van der Waals surface area contributed by atoms with Crippen molar-refractivity contribution < 1.29 is 9.53 Å². The van der Waals surface area contributed by atoms with Crippen LogP contribution in [-0.4, -0.2) is 27.3 Å². The minimum atomic E-state index is -0.0140. The number of aromatic nitrogens is 3. The van der Waals surface area contributed by atoms with Crippen LogP contribution in [0.3, 0.4) is 0 Å². The van der Waals surface area contributed by atoms with Gasteiger partial charge in [0.25, 0.3) is 5.19 Å². The number of Topliss-reactive ketones (excluding diaryl/α,β-unsaturated/α-hetero) is 1. The van der Waals surface area contributed by atoms with Crippen molar-refractivity contribution in [2.75, 3.05) is 11.9 Å². The van der Waals surface area contributed by atoms with E-state index in [2.05, 4.69) is 20.3 Å². The van der Waals surface area contributed by atoms with Gasteiger partial charge in [0.15, 0.2) is 5.78 Å². The van der Waals surface area contributed by atoms with Crippen molar-refractivity contribution in [1.82, 2.24) is 15.0 Å². The second-order valence-corrected chi connectivity index (χ2v) is 8.21. The van der Waals surface area contributed by atoms with Crippen LogP contribution in [0.5, 0.6) is 10.9 Å². The summed E-state index contributed by atoms with van der Waals surface area (Å²) >= 11 is 8.97. The van der Waals surface area contributed by atoms with Crippen LogP contribution in [0.15, 0.2) is 42.2 Å². The van der Waals surface area contributed by atoms with E-state index in [0.717, 1.165) is 28.0 Å². The minimum Gasteiger partial charge on any atom is -0.431 e. The number of ketones is 1. The number of halogens is 1. The molecule has 1 N–H and O–H groups in total. The zero-order valence-corrected chi connectivity index (χ0v) is 17.2. The first kappa shape index (κ1) is 18.8. The molecule has 6 nitrogen and oxygen atoms in total. The van der Waals surface area contributed by atoms with Gasteiger partial charge < -0.3 is 10.1 Å². The van der Waals surface area contributed by atoms with Crippen molar-refractivity contribution in [3.63, 3.8) is 0 Å². The molecule has 1 aromatic carbocycles. The van der Waals surface area contributed by atoms with Gasteiger partial charge in [-0.25, -0.2) is 15.0 Å². The van der Waals surface area contributed by atoms with Crippen LogP contribution in [-0.2, 0) is 6.42 Å². The van der Waals surface area contributed by atoms with Crippen molar-refractivity contribution in [3.05, 3.63) is 57.6 Å². The maximum Gasteiger partial charge on any atom is 0.279 e. The molecule has 28 heavy (non-hydrogen) atoms. The van der Waals surface area contributed by atoms with Crippen LogP contribution < -0.4 is 10.1 Å². The zero-order valence-electron chi connectivity index (χ0n) is 14.8. The molecule has 0 aliphatic rings. The Balaban J connectivity index is 1.35. The van der Waals surface area contributed by atoms with Gasteiger partial charge in [-0.1, -0.05) is 35.1 Å². The summed E-state index contributed by atoms with van der Waals surface area (Å²) in [6, 6.07) is 7.79. The molecular formula is C19H15ClN4O2S2. The fraction of sp³-hybridized carbons (Fsp3) is 0.158. The number of fused-ring (bicyclic) bond motifs is 1. The second kappa shape index (κ2) is 8.22. The summed E-state index contributed by atoms with van der Waals surface area (Å²) in [6.45, 7) is 2.23. The number of benzene rings is 1. The van der Waals surface area contributed by atoms with Gasteiger partial charge in [0, 0.05) is 18.8 Å². The van der Waals surface area contributed by atoms with Gasteiger partial charge >= 0.3 is 0 Å². The Kier molecular flexibility index (Phi) is 5.52. The van der Waals surface area contributed by atoms with Gasteiger partial charge in [0.1, 0.15) is 22.7 Å². The van der Waals surface area contributed by atoms with Gasteiger partial charge in [-0.2, -0.15) is 0 Å². The van der Waals surface area contributed by atoms with E-state index in [0.29, 0.717) is 27.4 Å². The Labute approximate surface area is 174 Å². The summed E-state index contributed by atoms with van der Waals surface area (Å²) in [5.41, 5.74) is 1.16. The van der Waals surface area contributed by atoms with Crippen LogP contribution in [0, 0.1) is 0 Å². The maximum atomic E-state index is 11.3. The van der Waals surface area contributed by atoms with Crippen molar-refractivity contribution in [2.45, 2.75) is 13.3 Å². The molecule has 0 bridgehead atoms. The summed E-state index contributed by atoms with van der Waals surface area (Å²) in [4.78, 5) is 25.4. The van der Waals surface area contributed by atoms with E-state index in [9.17, 15) is 4.79 Å². The predicted octanol–water partition coefficient (Wildman–Crippen LogP) is 5.45. The number of nitrogens with one attached hydrogen (secondary N) is 1. The molecule has 0 aliphatic heterocycles. The molecule has 0 fully saturated rings. The molecule has 4 aromatic rings. The predicted molar refractivity (Wildman–Crippen MR) is 113 cm³/mol. The molecule has 0 radical (unpaired) electrons. The Morgan fingerprint density at radius 2 is 2.04 bits per heavy atom. The highest BCUT2D eigenvalue weighted by atomic mass is 35.5. The molecule has 0 unspecified atom stereocenters. The highest BCUT2D eigenvalue weighted by molar-refractivity contribution is 7.17. The zero-order chi connectivity index (χ0) is 19.5. The molecule has 3 aromatic heterocycles. The van der Waals surface area contributed by atoms with E-state index in [1.54, 1.807) is 6.33 Å². The largest absolute Gasteiger partial charge is 0.431 e. The molecule has 0 saturated heterocycles. The molecule has 3 heterocycles.